The average molecular weight is 325 g/mol. The second-order valence-electron chi connectivity index (χ2n) is 5.99. The quantitative estimate of drug-likeness (QED) is 0.726. The number of likely N-dealkylation sites (tertiary alicyclic amines) is 1. The Balaban J connectivity index is 1.47. The zero-order chi connectivity index (χ0) is 16.5. The molecular formula is C16H19N7O. The Kier molecular flexibility index (Phi) is 3.72. The van der Waals surface area contributed by atoms with Gasteiger partial charge in [0.25, 0.3) is 11.7 Å². The Labute approximate surface area is 139 Å². The van der Waals surface area contributed by atoms with Crippen molar-refractivity contribution in [2.45, 2.75) is 32.2 Å². The van der Waals surface area contributed by atoms with Gasteiger partial charge in [-0.25, -0.2) is 9.50 Å². The first kappa shape index (κ1) is 14.8. The van der Waals surface area contributed by atoms with Gasteiger partial charge in [0, 0.05) is 37.9 Å². The minimum atomic E-state index is 0.0637. The minimum absolute atomic E-state index is 0.0637. The summed E-state index contributed by atoms with van der Waals surface area (Å²) in [5, 5.41) is 8.44. The molecule has 8 heteroatoms. The summed E-state index contributed by atoms with van der Waals surface area (Å²) < 4.78 is 3.58. The van der Waals surface area contributed by atoms with Gasteiger partial charge in [0.05, 0.1) is 17.5 Å². The summed E-state index contributed by atoms with van der Waals surface area (Å²) in [7, 11) is 0. The van der Waals surface area contributed by atoms with Gasteiger partial charge >= 0.3 is 0 Å². The highest BCUT2D eigenvalue weighted by molar-refractivity contribution is 5.93. The van der Waals surface area contributed by atoms with Crippen LogP contribution in [0.3, 0.4) is 0 Å². The smallest absolute Gasteiger partial charge is 0.257 e. The lowest BCUT2D eigenvalue weighted by Crippen LogP contribution is -2.38. The lowest BCUT2D eigenvalue weighted by atomic mass is 9.93. The van der Waals surface area contributed by atoms with Crippen LogP contribution in [0.5, 0.6) is 0 Å². The summed E-state index contributed by atoms with van der Waals surface area (Å²) in [5.74, 6) is 1.05. The molecule has 4 rings (SSSR count). The van der Waals surface area contributed by atoms with E-state index in [2.05, 4.69) is 20.2 Å². The fourth-order valence-corrected chi connectivity index (χ4v) is 3.27. The van der Waals surface area contributed by atoms with E-state index in [4.69, 9.17) is 0 Å². The third kappa shape index (κ3) is 2.53. The molecule has 3 aromatic rings. The molecule has 0 radical (unpaired) electrons. The average Bonchev–Trinajstić information content (AvgIpc) is 3.30. The predicted molar refractivity (Wildman–Crippen MR) is 86.6 cm³/mol. The molecular weight excluding hydrogens is 306 g/mol. The SMILES string of the molecule is CCn1cc(C(=O)N2CCC(c3ccnc4ncnn34)CC2)cn1. The van der Waals surface area contributed by atoms with Gasteiger partial charge in [0.1, 0.15) is 6.33 Å². The van der Waals surface area contributed by atoms with Crippen LogP contribution in [-0.4, -0.2) is 53.3 Å². The van der Waals surface area contributed by atoms with E-state index in [0.29, 0.717) is 17.3 Å². The van der Waals surface area contributed by atoms with Gasteiger partial charge in [0.15, 0.2) is 0 Å². The van der Waals surface area contributed by atoms with E-state index in [0.717, 1.165) is 38.2 Å². The maximum absolute atomic E-state index is 12.6. The molecule has 0 saturated carbocycles. The van der Waals surface area contributed by atoms with Gasteiger partial charge < -0.3 is 4.90 Å². The second kappa shape index (κ2) is 6.03. The maximum atomic E-state index is 12.6. The zero-order valence-electron chi connectivity index (χ0n) is 13.5. The number of hydrogen-bond donors (Lipinski definition) is 0. The van der Waals surface area contributed by atoms with E-state index in [1.807, 2.05) is 24.1 Å². The van der Waals surface area contributed by atoms with Crippen molar-refractivity contribution in [3.05, 3.63) is 42.2 Å². The van der Waals surface area contributed by atoms with Gasteiger partial charge in [-0.05, 0) is 25.8 Å². The first-order valence-electron chi connectivity index (χ1n) is 8.22. The highest BCUT2D eigenvalue weighted by Crippen LogP contribution is 2.28. The minimum Gasteiger partial charge on any atom is -0.339 e. The highest BCUT2D eigenvalue weighted by atomic mass is 16.2. The number of aromatic nitrogens is 6. The standard InChI is InChI=1S/C16H19N7O/c1-2-22-10-13(9-19-22)15(24)21-7-4-12(5-8-21)14-3-6-17-16-18-11-20-23(14)16/h3,6,9-12H,2,4-5,7-8H2,1H3. The van der Waals surface area contributed by atoms with E-state index in [1.165, 1.54) is 6.33 Å². The molecule has 1 amide bonds. The summed E-state index contributed by atoms with van der Waals surface area (Å²) >= 11 is 0. The fourth-order valence-electron chi connectivity index (χ4n) is 3.27. The van der Waals surface area contributed by atoms with E-state index >= 15 is 0 Å². The number of rotatable bonds is 3. The Hall–Kier alpha value is -2.77. The summed E-state index contributed by atoms with van der Waals surface area (Å²) in [4.78, 5) is 22.8. The maximum Gasteiger partial charge on any atom is 0.257 e. The molecule has 3 aromatic heterocycles. The number of aryl methyl sites for hydroxylation is 1. The van der Waals surface area contributed by atoms with E-state index in [-0.39, 0.29) is 5.91 Å². The van der Waals surface area contributed by atoms with Gasteiger partial charge in [0.2, 0.25) is 0 Å². The zero-order valence-corrected chi connectivity index (χ0v) is 13.5. The molecule has 0 spiro atoms. The number of carbonyl (C=O) groups excluding carboxylic acids is 1. The second-order valence-corrected chi connectivity index (χ2v) is 5.99. The molecule has 8 nitrogen and oxygen atoms in total. The van der Waals surface area contributed by atoms with Crippen LogP contribution in [0.25, 0.3) is 5.78 Å². The van der Waals surface area contributed by atoms with Crippen molar-refractivity contribution >= 4 is 11.7 Å². The monoisotopic (exact) mass is 325 g/mol. The number of nitrogens with zero attached hydrogens (tertiary/aromatic N) is 7. The van der Waals surface area contributed by atoms with Crippen molar-refractivity contribution in [3.63, 3.8) is 0 Å². The summed E-state index contributed by atoms with van der Waals surface area (Å²) in [6, 6.07) is 2.00. The van der Waals surface area contributed by atoms with E-state index in [1.54, 1.807) is 21.6 Å². The van der Waals surface area contributed by atoms with Gasteiger partial charge in [-0.3, -0.25) is 9.48 Å². The molecule has 0 bridgehead atoms. The molecule has 4 heterocycles. The van der Waals surface area contributed by atoms with Crippen molar-refractivity contribution in [2.24, 2.45) is 0 Å². The first-order valence-corrected chi connectivity index (χ1v) is 8.22. The Morgan fingerprint density at radius 1 is 1.25 bits per heavy atom. The lowest BCUT2D eigenvalue weighted by molar-refractivity contribution is 0.0711. The molecule has 1 saturated heterocycles. The third-order valence-electron chi connectivity index (χ3n) is 4.61. The van der Waals surface area contributed by atoms with Crippen LogP contribution in [0.1, 0.15) is 41.7 Å². The number of hydrogen-bond acceptors (Lipinski definition) is 5. The van der Waals surface area contributed by atoms with Crippen LogP contribution in [-0.2, 0) is 6.54 Å². The van der Waals surface area contributed by atoms with E-state index < -0.39 is 0 Å². The van der Waals surface area contributed by atoms with Crippen LogP contribution in [0.15, 0.2) is 31.0 Å². The molecule has 0 aliphatic carbocycles. The third-order valence-corrected chi connectivity index (χ3v) is 4.61. The lowest BCUT2D eigenvalue weighted by Gasteiger charge is -2.31. The summed E-state index contributed by atoms with van der Waals surface area (Å²) in [6.45, 7) is 4.25. The number of carbonyl (C=O) groups is 1. The molecule has 0 atom stereocenters. The number of fused-ring (bicyclic) bond motifs is 1. The normalized spacial score (nSPS) is 16.0. The van der Waals surface area contributed by atoms with Crippen LogP contribution in [0.4, 0.5) is 0 Å². The van der Waals surface area contributed by atoms with Gasteiger partial charge in [-0.1, -0.05) is 0 Å². The van der Waals surface area contributed by atoms with Crippen LogP contribution >= 0.6 is 0 Å². The van der Waals surface area contributed by atoms with Crippen LogP contribution < -0.4 is 0 Å². The highest BCUT2D eigenvalue weighted by Gasteiger charge is 2.26. The molecule has 0 unspecified atom stereocenters. The molecule has 0 aromatic carbocycles. The fraction of sp³-hybridized carbons (Fsp3) is 0.438. The molecule has 1 aliphatic rings. The Morgan fingerprint density at radius 2 is 2.08 bits per heavy atom. The number of piperidine rings is 1. The van der Waals surface area contributed by atoms with Gasteiger partial charge in [-0.2, -0.15) is 15.2 Å². The first-order chi connectivity index (χ1) is 11.8. The molecule has 1 aliphatic heterocycles. The number of amides is 1. The topological polar surface area (TPSA) is 81.2 Å². The summed E-state index contributed by atoms with van der Waals surface area (Å²) in [5.41, 5.74) is 1.78. The molecule has 24 heavy (non-hydrogen) atoms. The van der Waals surface area contributed by atoms with Crippen molar-refractivity contribution in [2.75, 3.05) is 13.1 Å². The molecule has 0 N–H and O–H groups in total. The van der Waals surface area contributed by atoms with Crippen molar-refractivity contribution in [1.29, 1.82) is 0 Å². The van der Waals surface area contributed by atoms with Crippen LogP contribution in [0.2, 0.25) is 0 Å². The van der Waals surface area contributed by atoms with E-state index in [9.17, 15) is 4.79 Å². The summed E-state index contributed by atoms with van der Waals surface area (Å²) in [6.07, 6.45) is 8.58. The molecule has 1 fully saturated rings. The van der Waals surface area contributed by atoms with Gasteiger partial charge in [-0.15, -0.1) is 0 Å². The largest absolute Gasteiger partial charge is 0.339 e. The Morgan fingerprint density at radius 3 is 2.83 bits per heavy atom. The van der Waals surface area contributed by atoms with Crippen molar-refractivity contribution in [1.82, 2.24) is 34.3 Å². The van der Waals surface area contributed by atoms with Crippen molar-refractivity contribution in [3.8, 4) is 0 Å². The predicted octanol–water partition coefficient (Wildman–Crippen LogP) is 1.36. The van der Waals surface area contributed by atoms with Crippen LogP contribution in [0, 0.1) is 0 Å². The van der Waals surface area contributed by atoms with Crippen molar-refractivity contribution < 1.29 is 4.79 Å². The molecule has 124 valence electrons. The Bertz CT molecular complexity index is 860.